The second-order valence-electron chi connectivity index (χ2n) is 3.08. The Balaban J connectivity index is 2.80. The van der Waals surface area contributed by atoms with Crippen molar-refractivity contribution in [1.82, 2.24) is 0 Å². The molecule has 0 radical (unpaired) electrons. The van der Waals surface area contributed by atoms with E-state index in [9.17, 15) is 18.0 Å². The molecule has 0 bridgehead atoms. The van der Waals surface area contributed by atoms with Crippen molar-refractivity contribution >= 4 is 23.2 Å². The molecular weight excluding hydrogens is 273 g/mol. The van der Waals surface area contributed by atoms with E-state index >= 15 is 0 Å². The molecule has 8 heteroatoms. The van der Waals surface area contributed by atoms with Gasteiger partial charge in [0.05, 0.1) is 11.1 Å². The van der Waals surface area contributed by atoms with E-state index in [-0.39, 0.29) is 17.1 Å². The van der Waals surface area contributed by atoms with Crippen LogP contribution in [0.5, 0.6) is 5.75 Å². The molecule has 96 valence electrons. The predicted octanol–water partition coefficient (Wildman–Crippen LogP) is 3.09. The zero-order chi connectivity index (χ0) is 13.8. The van der Waals surface area contributed by atoms with Crippen LogP contribution in [0.2, 0.25) is 5.02 Å². The molecule has 1 N–H and O–H groups in total. The lowest BCUT2D eigenvalue weighted by atomic mass is 10.3. The second-order valence-corrected chi connectivity index (χ2v) is 3.48. The number of nitrogens with one attached hydrogen (secondary N) is 1. The minimum atomic E-state index is -4.84. The van der Waals surface area contributed by atoms with Gasteiger partial charge in [-0.15, -0.1) is 13.2 Å². The van der Waals surface area contributed by atoms with Crippen molar-refractivity contribution in [1.29, 1.82) is 5.26 Å². The molecule has 0 aliphatic carbocycles. The molecule has 0 unspecified atom stereocenters. The first-order chi connectivity index (χ1) is 8.31. The minimum Gasteiger partial charge on any atom is -0.404 e. The Morgan fingerprint density at radius 1 is 1.50 bits per heavy atom. The highest BCUT2D eigenvalue weighted by Gasteiger charge is 2.32. The molecule has 0 aromatic heterocycles. The maximum Gasteiger partial charge on any atom is 0.573 e. The zero-order valence-electron chi connectivity index (χ0n) is 8.71. The fourth-order valence-corrected chi connectivity index (χ4v) is 1.28. The molecule has 0 saturated heterocycles. The van der Waals surface area contributed by atoms with Crippen molar-refractivity contribution in [2.45, 2.75) is 12.8 Å². The quantitative estimate of drug-likeness (QED) is 0.924. The monoisotopic (exact) mass is 278 g/mol. The van der Waals surface area contributed by atoms with Gasteiger partial charge in [-0.3, -0.25) is 4.79 Å². The molecule has 1 aromatic carbocycles. The third-order valence-electron chi connectivity index (χ3n) is 1.68. The summed E-state index contributed by atoms with van der Waals surface area (Å²) in [6.07, 6.45) is -5.20. The summed E-state index contributed by atoms with van der Waals surface area (Å²) in [6, 6.07) is 4.87. The number of alkyl halides is 3. The maximum atomic E-state index is 11.9. The zero-order valence-corrected chi connectivity index (χ0v) is 9.47. The molecule has 0 fully saturated rings. The Labute approximate surface area is 105 Å². The SMILES string of the molecule is N#CCC(=O)Nc1ccc(OC(F)(F)F)c(Cl)c1. The average Bonchev–Trinajstić information content (AvgIpc) is 2.21. The summed E-state index contributed by atoms with van der Waals surface area (Å²) in [4.78, 5) is 11.0. The van der Waals surface area contributed by atoms with Crippen molar-refractivity contribution in [3.8, 4) is 11.8 Å². The highest BCUT2D eigenvalue weighted by molar-refractivity contribution is 6.32. The number of ether oxygens (including phenoxy) is 1. The van der Waals surface area contributed by atoms with E-state index in [1.54, 1.807) is 6.07 Å². The standard InChI is InChI=1S/C10H6ClF3N2O2/c11-7-5-6(16-9(17)3-4-15)1-2-8(7)18-10(12,13)14/h1-2,5H,3H2,(H,16,17). The molecule has 18 heavy (non-hydrogen) atoms. The van der Waals surface area contributed by atoms with Gasteiger partial charge in [0, 0.05) is 5.69 Å². The number of rotatable bonds is 3. The summed E-state index contributed by atoms with van der Waals surface area (Å²) in [5.74, 6) is -1.15. The summed E-state index contributed by atoms with van der Waals surface area (Å²) in [5.41, 5.74) is 0.176. The lowest BCUT2D eigenvalue weighted by molar-refractivity contribution is -0.274. The normalized spacial score (nSPS) is 10.6. The van der Waals surface area contributed by atoms with E-state index in [1.165, 1.54) is 6.07 Å². The number of benzene rings is 1. The van der Waals surface area contributed by atoms with Crippen LogP contribution in [-0.4, -0.2) is 12.3 Å². The lowest BCUT2D eigenvalue weighted by Gasteiger charge is -2.11. The number of hydrogen-bond donors (Lipinski definition) is 1. The van der Waals surface area contributed by atoms with Crippen LogP contribution in [0.25, 0.3) is 0 Å². The van der Waals surface area contributed by atoms with E-state index in [4.69, 9.17) is 16.9 Å². The van der Waals surface area contributed by atoms with Gasteiger partial charge in [0.2, 0.25) is 5.91 Å². The van der Waals surface area contributed by atoms with E-state index in [0.717, 1.165) is 12.1 Å². The maximum absolute atomic E-state index is 11.9. The highest BCUT2D eigenvalue weighted by Crippen LogP contribution is 2.32. The molecule has 0 atom stereocenters. The van der Waals surface area contributed by atoms with Crippen LogP contribution in [0.1, 0.15) is 6.42 Å². The molecule has 0 saturated carbocycles. The van der Waals surface area contributed by atoms with Gasteiger partial charge in [0.1, 0.15) is 12.2 Å². The van der Waals surface area contributed by atoms with Crippen molar-refractivity contribution in [2.75, 3.05) is 5.32 Å². The number of nitriles is 1. The molecule has 4 nitrogen and oxygen atoms in total. The van der Waals surface area contributed by atoms with Crippen LogP contribution in [0.4, 0.5) is 18.9 Å². The summed E-state index contributed by atoms with van der Waals surface area (Å²) < 4.78 is 39.5. The number of hydrogen-bond acceptors (Lipinski definition) is 3. The van der Waals surface area contributed by atoms with Crippen LogP contribution in [0.15, 0.2) is 18.2 Å². The minimum absolute atomic E-state index is 0.176. The van der Waals surface area contributed by atoms with Gasteiger partial charge < -0.3 is 10.1 Å². The predicted molar refractivity (Wildman–Crippen MR) is 57.0 cm³/mol. The van der Waals surface area contributed by atoms with Crippen molar-refractivity contribution in [3.05, 3.63) is 23.2 Å². The summed E-state index contributed by atoms with van der Waals surface area (Å²) in [6.45, 7) is 0. The number of amides is 1. The molecular formula is C10H6ClF3N2O2. The van der Waals surface area contributed by atoms with Gasteiger partial charge in [-0.25, -0.2) is 0 Å². The molecule has 0 heterocycles. The largest absolute Gasteiger partial charge is 0.573 e. The molecule has 1 amide bonds. The van der Waals surface area contributed by atoms with Crippen LogP contribution in [0, 0.1) is 11.3 Å². The van der Waals surface area contributed by atoms with E-state index in [2.05, 4.69) is 10.1 Å². The highest BCUT2D eigenvalue weighted by atomic mass is 35.5. The Morgan fingerprint density at radius 3 is 2.67 bits per heavy atom. The van der Waals surface area contributed by atoms with Crippen LogP contribution in [0.3, 0.4) is 0 Å². The van der Waals surface area contributed by atoms with Crippen LogP contribution >= 0.6 is 11.6 Å². The van der Waals surface area contributed by atoms with Gasteiger partial charge in [-0.1, -0.05) is 11.6 Å². The molecule has 1 rings (SSSR count). The fraction of sp³-hybridized carbons (Fsp3) is 0.200. The van der Waals surface area contributed by atoms with Gasteiger partial charge in [0.25, 0.3) is 0 Å². The summed E-state index contributed by atoms with van der Waals surface area (Å²) >= 11 is 5.55. The van der Waals surface area contributed by atoms with Crippen LogP contribution in [-0.2, 0) is 4.79 Å². The number of carbonyl (C=O) groups excluding carboxylic acids is 1. The average molecular weight is 279 g/mol. The Hall–Kier alpha value is -1.94. The van der Waals surface area contributed by atoms with E-state index in [0.29, 0.717) is 0 Å². The summed E-state index contributed by atoms with van der Waals surface area (Å²) in [5, 5.41) is 10.2. The Morgan fingerprint density at radius 2 is 2.17 bits per heavy atom. The lowest BCUT2D eigenvalue weighted by Crippen LogP contribution is -2.17. The third-order valence-corrected chi connectivity index (χ3v) is 1.98. The van der Waals surface area contributed by atoms with Gasteiger partial charge in [0.15, 0.2) is 0 Å². The first-order valence-corrected chi connectivity index (χ1v) is 4.92. The number of halogens is 4. The van der Waals surface area contributed by atoms with Gasteiger partial charge >= 0.3 is 6.36 Å². The van der Waals surface area contributed by atoms with Crippen molar-refractivity contribution in [3.63, 3.8) is 0 Å². The first-order valence-electron chi connectivity index (χ1n) is 4.54. The third kappa shape index (κ3) is 4.51. The van der Waals surface area contributed by atoms with E-state index in [1.807, 2.05) is 0 Å². The Kier molecular flexibility index (Phi) is 4.39. The number of nitrogens with zero attached hydrogens (tertiary/aromatic N) is 1. The smallest absolute Gasteiger partial charge is 0.404 e. The molecule has 0 aliphatic heterocycles. The molecule has 0 spiro atoms. The Bertz CT molecular complexity index is 497. The fourth-order valence-electron chi connectivity index (χ4n) is 1.06. The summed E-state index contributed by atoms with van der Waals surface area (Å²) in [7, 11) is 0. The van der Waals surface area contributed by atoms with Gasteiger partial charge in [-0.2, -0.15) is 5.26 Å². The number of anilines is 1. The molecule has 1 aromatic rings. The van der Waals surface area contributed by atoms with Crippen molar-refractivity contribution in [2.24, 2.45) is 0 Å². The van der Waals surface area contributed by atoms with E-state index < -0.39 is 18.0 Å². The topological polar surface area (TPSA) is 62.1 Å². The van der Waals surface area contributed by atoms with Crippen molar-refractivity contribution < 1.29 is 22.7 Å². The first kappa shape index (κ1) is 14.1. The molecule has 0 aliphatic rings. The second kappa shape index (κ2) is 5.60. The number of carbonyl (C=O) groups is 1. The van der Waals surface area contributed by atoms with Gasteiger partial charge in [-0.05, 0) is 18.2 Å². The van der Waals surface area contributed by atoms with Crippen LogP contribution < -0.4 is 10.1 Å².